The average Bonchev–Trinajstić information content (AvgIpc) is 3.08. The third-order valence-electron chi connectivity index (χ3n) is 5.22. The van der Waals surface area contributed by atoms with Gasteiger partial charge in [0.05, 0.1) is 0 Å². The molecule has 0 saturated heterocycles. The van der Waals surface area contributed by atoms with E-state index in [1.54, 1.807) is 12.3 Å². The lowest BCUT2D eigenvalue weighted by Gasteiger charge is -2.07. The number of phenols is 2. The summed E-state index contributed by atoms with van der Waals surface area (Å²) in [6, 6.07) is 16.0. The van der Waals surface area contributed by atoms with Crippen molar-refractivity contribution < 1.29 is 24.1 Å². The third kappa shape index (κ3) is 3.07. The molecule has 0 saturated carbocycles. The fourth-order valence-corrected chi connectivity index (χ4v) is 3.82. The lowest BCUT2D eigenvalue weighted by atomic mass is 10.1. The number of aromatic hydroxyl groups is 3. The van der Waals surface area contributed by atoms with Crippen LogP contribution in [0.2, 0.25) is 0 Å². The lowest BCUT2D eigenvalue weighted by Crippen LogP contribution is -2.03. The Kier molecular flexibility index (Phi) is 4.18. The third-order valence-corrected chi connectivity index (χ3v) is 5.22. The molecule has 0 spiro atoms. The minimum atomic E-state index is -0.853. The summed E-state index contributed by atoms with van der Waals surface area (Å²) in [5, 5.41) is 30.6. The van der Waals surface area contributed by atoms with Gasteiger partial charge in [-0.2, -0.15) is 0 Å². The van der Waals surface area contributed by atoms with Crippen LogP contribution in [0.1, 0.15) is 5.56 Å². The second-order valence-electron chi connectivity index (χ2n) is 7.26. The van der Waals surface area contributed by atoms with E-state index in [0.29, 0.717) is 23.0 Å². The van der Waals surface area contributed by atoms with Gasteiger partial charge in [0.15, 0.2) is 5.76 Å². The number of fused-ring (bicyclic) bond motifs is 2. The minimum Gasteiger partial charge on any atom is -0.508 e. The fourth-order valence-electron chi connectivity index (χ4n) is 3.82. The molecule has 5 rings (SSSR count). The van der Waals surface area contributed by atoms with E-state index in [0.717, 1.165) is 11.6 Å². The van der Waals surface area contributed by atoms with E-state index in [4.69, 9.17) is 4.42 Å². The molecular weight excluding hydrogens is 401 g/mol. The largest absolute Gasteiger partial charge is 0.508 e. The number of aromatic nitrogens is 1. The maximum absolute atomic E-state index is 14.1. The van der Waals surface area contributed by atoms with Gasteiger partial charge in [-0.25, -0.2) is 4.39 Å². The molecule has 0 atom stereocenters. The van der Waals surface area contributed by atoms with Crippen molar-refractivity contribution in [1.29, 1.82) is 0 Å². The summed E-state index contributed by atoms with van der Waals surface area (Å²) in [6.07, 6.45) is 1.67. The summed E-state index contributed by atoms with van der Waals surface area (Å²) in [4.78, 5) is 12.7. The van der Waals surface area contributed by atoms with E-state index >= 15 is 0 Å². The highest BCUT2D eigenvalue weighted by Crippen LogP contribution is 2.39. The number of phenolic OH excluding ortho intramolecular Hbond substituents is 2. The Labute approximate surface area is 174 Å². The van der Waals surface area contributed by atoms with Gasteiger partial charge < -0.3 is 24.3 Å². The molecule has 0 aliphatic carbocycles. The Bertz CT molecular complexity index is 1520. The van der Waals surface area contributed by atoms with Crippen LogP contribution >= 0.6 is 0 Å². The maximum atomic E-state index is 14.1. The van der Waals surface area contributed by atoms with E-state index < -0.39 is 22.7 Å². The zero-order valence-corrected chi connectivity index (χ0v) is 16.0. The second-order valence-corrected chi connectivity index (χ2v) is 7.26. The Morgan fingerprint density at radius 1 is 0.968 bits per heavy atom. The first kappa shape index (κ1) is 18.7. The fraction of sp³-hybridized carbons (Fsp3) is 0.0417. The highest BCUT2D eigenvalue weighted by Gasteiger charge is 2.22. The summed E-state index contributed by atoms with van der Waals surface area (Å²) in [7, 11) is 0. The standard InChI is InChI=1S/C24H16FNO5/c25-14-6-7-18-16(8-14)17(12-26(18)11-13-4-2-1-3-5-13)24-23(30)22(29)21-19(28)9-15(27)10-20(21)31-24/h1-10,12,27-28,30H,11H2. The normalized spacial score (nSPS) is 11.4. The molecule has 0 bridgehead atoms. The van der Waals surface area contributed by atoms with E-state index in [1.807, 2.05) is 34.9 Å². The molecule has 0 aliphatic rings. The van der Waals surface area contributed by atoms with Gasteiger partial charge in [-0.3, -0.25) is 4.79 Å². The first-order chi connectivity index (χ1) is 14.9. The van der Waals surface area contributed by atoms with Crippen LogP contribution < -0.4 is 5.43 Å². The van der Waals surface area contributed by atoms with Gasteiger partial charge in [-0.15, -0.1) is 0 Å². The molecule has 0 amide bonds. The number of benzene rings is 3. The molecule has 2 heterocycles. The van der Waals surface area contributed by atoms with Crippen molar-refractivity contribution >= 4 is 21.9 Å². The van der Waals surface area contributed by atoms with Gasteiger partial charge in [-0.1, -0.05) is 30.3 Å². The summed E-state index contributed by atoms with van der Waals surface area (Å²) in [5.41, 5.74) is 1.05. The Morgan fingerprint density at radius 2 is 1.74 bits per heavy atom. The van der Waals surface area contributed by atoms with E-state index in [-0.39, 0.29) is 22.5 Å². The van der Waals surface area contributed by atoms with Crippen molar-refractivity contribution in [1.82, 2.24) is 4.57 Å². The predicted molar refractivity (Wildman–Crippen MR) is 114 cm³/mol. The molecule has 7 heteroatoms. The first-order valence-electron chi connectivity index (χ1n) is 9.47. The Hall–Kier alpha value is -4.26. The Balaban J connectivity index is 1.79. The zero-order valence-electron chi connectivity index (χ0n) is 16.0. The van der Waals surface area contributed by atoms with Crippen molar-refractivity contribution in [3.63, 3.8) is 0 Å². The number of hydrogen-bond acceptors (Lipinski definition) is 5. The molecule has 0 aliphatic heterocycles. The van der Waals surface area contributed by atoms with E-state index in [9.17, 15) is 24.5 Å². The SMILES string of the molecule is O=c1c(O)c(-c2cn(Cc3ccccc3)c3ccc(F)cc23)oc2cc(O)cc(O)c12. The lowest BCUT2D eigenvalue weighted by molar-refractivity contribution is 0.438. The van der Waals surface area contributed by atoms with Crippen LogP contribution in [0.5, 0.6) is 17.2 Å². The highest BCUT2D eigenvalue weighted by atomic mass is 19.1. The number of nitrogens with zero attached hydrogens (tertiary/aromatic N) is 1. The van der Waals surface area contributed by atoms with Gasteiger partial charge in [-0.05, 0) is 23.8 Å². The molecular formula is C24H16FNO5. The topological polar surface area (TPSA) is 95.8 Å². The second kappa shape index (κ2) is 6.91. The monoisotopic (exact) mass is 417 g/mol. The molecule has 0 radical (unpaired) electrons. The molecule has 3 aromatic carbocycles. The van der Waals surface area contributed by atoms with Crippen LogP contribution in [-0.4, -0.2) is 19.9 Å². The Morgan fingerprint density at radius 3 is 2.52 bits per heavy atom. The van der Waals surface area contributed by atoms with Crippen molar-refractivity contribution in [3.05, 3.63) is 88.5 Å². The molecule has 0 fully saturated rings. The van der Waals surface area contributed by atoms with Crippen molar-refractivity contribution in [3.8, 4) is 28.6 Å². The van der Waals surface area contributed by atoms with Crippen LogP contribution in [-0.2, 0) is 6.54 Å². The molecule has 6 nitrogen and oxygen atoms in total. The molecule has 5 aromatic rings. The summed E-state index contributed by atoms with van der Waals surface area (Å²) in [6.45, 7) is 0.475. The molecule has 3 N–H and O–H groups in total. The van der Waals surface area contributed by atoms with Gasteiger partial charge in [0.25, 0.3) is 0 Å². The van der Waals surface area contributed by atoms with Crippen molar-refractivity contribution in [2.45, 2.75) is 6.54 Å². The average molecular weight is 417 g/mol. The van der Waals surface area contributed by atoms with E-state index in [1.165, 1.54) is 18.2 Å². The summed E-state index contributed by atoms with van der Waals surface area (Å²) >= 11 is 0. The quantitative estimate of drug-likeness (QED) is 0.395. The zero-order chi connectivity index (χ0) is 21.7. The number of rotatable bonds is 3. The van der Waals surface area contributed by atoms with Gasteiger partial charge >= 0.3 is 0 Å². The number of halogens is 1. The van der Waals surface area contributed by atoms with Crippen molar-refractivity contribution in [2.24, 2.45) is 0 Å². The molecule has 31 heavy (non-hydrogen) atoms. The maximum Gasteiger partial charge on any atom is 0.238 e. The van der Waals surface area contributed by atoms with Crippen LogP contribution in [0.3, 0.4) is 0 Å². The number of hydrogen-bond donors (Lipinski definition) is 3. The van der Waals surface area contributed by atoms with Crippen molar-refractivity contribution in [2.75, 3.05) is 0 Å². The highest BCUT2D eigenvalue weighted by molar-refractivity contribution is 5.98. The van der Waals surface area contributed by atoms with Crippen LogP contribution in [0.15, 0.2) is 76.1 Å². The minimum absolute atomic E-state index is 0.101. The molecule has 0 unspecified atom stereocenters. The van der Waals surface area contributed by atoms with E-state index in [2.05, 4.69) is 0 Å². The van der Waals surface area contributed by atoms with Crippen LogP contribution in [0, 0.1) is 5.82 Å². The van der Waals surface area contributed by atoms with Crippen LogP contribution in [0.25, 0.3) is 33.2 Å². The summed E-state index contributed by atoms with van der Waals surface area (Å²) < 4.78 is 21.7. The molecule has 2 aromatic heterocycles. The smallest absolute Gasteiger partial charge is 0.238 e. The molecule has 154 valence electrons. The van der Waals surface area contributed by atoms with Gasteiger partial charge in [0, 0.05) is 41.3 Å². The summed E-state index contributed by atoms with van der Waals surface area (Å²) in [5.74, 6) is -2.18. The van der Waals surface area contributed by atoms with Crippen LogP contribution in [0.4, 0.5) is 4.39 Å². The first-order valence-corrected chi connectivity index (χ1v) is 9.47. The van der Waals surface area contributed by atoms with Gasteiger partial charge in [0.2, 0.25) is 11.2 Å². The predicted octanol–water partition coefficient (Wildman–Crippen LogP) is 4.72. The van der Waals surface area contributed by atoms with Gasteiger partial charge in [0.1, 0.15) is 28.3 Å².